The maximum Gasteiger partial charge on any atom is 0.335 e. The average molecular weight is 513 g/mol. The number of benzene rings is 3. The normalized spacial score (nSPS) is 12.5. The molecule has 10 heteroatoms. The maximum atomic E-state index is 13.0. The van der Waals surface area contributed by atoms with Crippen LogP contribution in [0.25, 0.3) is 11.1 Å². The molecule has 2 atom stereocenters. The van der Waals surface area contributed by atoms with E-state index in [2.05, 4.69) is 5.32 Å². The van der Waals surface area contributed by atoms with E-state index in [0.717, 1.165) is 16.7 Å². The Labute approximate surface area is 214 Å². The first kappa shape index (κ1) is 27.0. The molecule has 36 heavy (non-hydrogen) atoms. The quantitative estimate of drug-likeness (QED) is 0.120. The lowest BCUT2D eigenvalue weighted by Crippen LogP contribution is -2.41. The summed E-state index contributed by atoms with van der Waals surface area (Å²) in [6.07, 6.45) is -1.14. The summed E-state index contributed by atoms with van der Waals surface area (Å²) >= 11 is 6.09. The van der Waals surface area contributed by atoms with E-state index in [0.29, 0.717) is 16.6 Å². The van der Waals surface area contributed by atoms with Crippen LogP contribution in [-0.2, 0) is 16.0 Å². The molecule has 7 N–H and O–H groups in total. The fourth-order valence-electron chi connectivity index (χ4n) is 3.74. The van der Waals surface area contributed by atoms with Gasteiger partial charge >= 0.3 is 5.97 Å². The van der Waals surface area contributed by atoms with Gasteiger partial charge < -0.3 is 20.9 Å². The molecule has 0 aliphatic carbocycles. The monoisotopic (exact) mass is 512 g/mol. The highest BCUT2D eigenvalue weighted by molar-refractivity contribution is 6.30. The van der Waals surface area contributed by atoms with Crippen LogP contribution < -0.4 is 22.1 Å². The highest BCUT2D eigenvalue weighted by Crippen LogP contribution is 2.24. The van der Waals surface area contributed by atoms with Gasteiger partial charge in [0.25, 0.3) is 5.91 Å². The van der Waals surface area contributed by atoms with Gasteiger partial charge in [0.2, 0.25) is 0 Å². The Morgan fingerprint density at radius 1 is 1.08 bits per heavy atom. The predicted molar refractivity (Wildman–Crippen MR) is 138 cm³/mol. The van der Waals surface area contributed by atoms with Crippen molar-refractivity contribution >= 4 is 34.9 Å². The third-order valence-electron chi connectivity index (χ3n) is 5.54. The van der Waals surface area contributed by atoms with Gasteiger partial charge in [-0.1, -0.05) is 48.0 Å². The van der Waals surface area contributed by atoms with E-state index in [1.165, 1.54) is 18.2 Å². The minimum atomic E-state index is -1.42. The second-order valence-corrected chi connectivity index (χ2v) is 8.64. The van der Waals surface area contributed by atoms with Crippen LogP contribution in [0.2, 0.25) is 5.02 Å². The molecule has 0 aliphatic rings. The third-order valence-corrected chi connectivity index (χ3v) is 5.77. The first-order valence-electron chi connectivity index (χ1n) is 11.3. The molecular weight excluding hydrogens is 484 g/mol. The molecule has 0 fully saturated rings. The van der Waals surface area contributed by atoms with Crippen molar-refractivity contribution in [2.24, 2.45) is 5.84 Å². The topological polar surface area (TPSA) is 151 Å². The molecule has 3 aromatic rings. The van der Waals surface area contributed by atoms with Crippen molar-refractivity contribution in [1.29, 1.82) is 0 Å². The van der Waals surface area contributed by atoms with Crippen LogP contribution in [0.5, 0.6) is 0 Å². The summed E-state index contributed by atoms with van der Waals surface area (Å²) in [7, 11) is 0. The molecular formula is C26H29ClN4O5. The molecule has 0 aliphatic heterocycles. The third kappa shape index (κ3) is 7.19. The van der Waals surface area contributed by atoms with Crippen molar-refractivity contribution in [1.82, 2.24) is 5.32 Å². The van der Waals surface area contributed by atoms with Crippen LogP contribution in [0.4, 0.5) is 11.4 Å². The average Bonchev–Trinajstić information content (AvgIpc) is 2.84. The number of nitrogen functional groups attached to an aromatic ring is 1. The standard InChI is InChI=1S/C26H29ClN4O5/c1-2-36-26(34)24(32)15-21(30-25(33)19-10-11-22(28)23(14-19)31(29)35)12-16-6-8-17(9-7-16)18-4-3-5-20(27)13-18/h3-11,13-14,21,24,32,35H,2,12,15,28-29H2,1H3,(H,30,33)/t21-,24?/m1/s1. The molecule has 0 saturated heterocycles. The maximum absolute atomic E-state index is 13.0. The minimum Gasteiger partial charge on any atom is -0.464 e. The number of anilines is 2. The van der Waals surface area contributed by atoms with E-state index < -0.39 is 24.0 Å². The number of carbonyl (C=O) groups excluding carboxylic acids is 2. The summed E-state index contributed by atoms with van der Waals surface area (Å²) in [4.78, 5) is 25.0. The van der Waals surface area contributed by atoms with Crippen LogP contribution in [0.1, 0.15) is 29.3 Å². The van der Waals surface area contributed by atoms with E-state index in [-0.39, 0.29) is 30.0 Å². The number of ether oxygens (including phenoxy) is 1. The molecule has 0 bridgehead atoms. The number of hydrazine groups is 1. The molecule has 190 valence electrons. The minimum absolute atomic E-state index is 0.0577. The molecule has 3 aromatic carbocycles. The van der Waals surface area contributed by atoms with Crippen LogP contribution in [0, 0.1) is 0 Å². The van der Waals surface area contributed by atoms with Crippen molar-refractivity contribution < 1.29 is 24.6 Å². The number of esters is 1. The molecule has 3 rings (SSSR count). The zero-order chi connectivity index (χ0) is 26.2. The Kier molecular flexibility index (Phi) is 9.26. The Morgan fingerprint density at radius 2 is 1.81 bits per heavy atom. The van der Waals surface area contributed by atoms with Gasteiger partial charge in [0, 0.05) is 23.0 Å². The zero-order valence-electron chi connectivity index (χ0n) is 19.7. The lowest BCUT2D eigenvalue weighted by atomic mass is 9.97. The van der Waals surface area contributed by atoms with E-state index in [4.69, 9.17) is 27.9 Å². The summed E-state index contributed by atoms with van der Waals surface area (Å²) < 4.78 is 4.90. The van der Waals surface area contributed by atoms with Crippen LogP contribution in [0.3, 0.4) is 0 Å². The number of nitrogens with two attached hydrogens (primary N) is 2. The Hall–Kier alpha value is -3.63. The van der Waals surface area contributed by atoms with Crippen molar-refractivity contribution in [2.75, 3.05) is 17.5 Å². The number of hydrogen-bond acceptors (Lipinski definition) is 8. The van der Waals surface area contributed by atoms with E-state index in [1.54, 1.807) is 13.0 Å². The number of hydrogen-bond donors (Lipinski definition) is 5. The fourth-order valence-corrected chi connectivity index (χ4v) is 3.93. The molecule has 0 saturated carbocycles. The highest BCUT2D eigenvalue weighted by Gasteiger charge is 2.24. The summed E-state index contributed by atoms with van der Waals surface area (Å²) in [5.41, 5.74) is 9.03. The summed E-state index contributed by atoms with van der Waals surface area (Å²) in [6, 6.07) is 18.8. The lowest BCUT2D eigenvalue weighted by Gasteiger charge is -2.22. The largest absolute Gasteiger partial charge is 0.464 e. The fraction of sp³-hybridized carbons (Fsp3) is 0.231. The molecule has 1 unspecified atom stereocenters. The van der Waals surface area contributed by atoms with Crippen molar-refractivity contribution in [2.45, 2.75) is 31.9 Å². The SMILES string of the molecule is CCOC(=O)C(O)C[C@@H](Cc1ccc(-c2cccc(Cl)c2)cc1)NC(=O)c1ccc(N)c(N(N)O)c1. The summed E-state index contributed by atoms with van der Waals surface area (Å²) in [6.45, 7) is 1.77. The van der Waals surface area contributed by atoms with Gasteiger partial charge in [-0.05, 0) is 60.4 Å². The predicted octanol–water partition coefficient (Wildman–Crippen LogP) is 3.31. The van der Waals surface area contributed by atoms with Gasteiger partial charge in [-0.3, -0.25) is 10.0 Å². The summed E-state index contributed by atoms with van der Waals surface area (Å²) in [5, 5.41) is 23.7. The molecule has 0 spiro atoms. The van der Waals surface area contributed by atoms with Gasteiger partial charge in [-0.2, -0.15) is 5.17 Å². The summed E-state index contributed by atoms with van der Waals surface area (Å²) in [5.74, 6) is 4.11. The first-order chi connectivity index (χ1) is 17.2. The van der Waals surface area contributed by atoms with Gasteiger partial charge in [-0.25, -0.2) is 10.6 Å². The number of amides is 1. The van der Waals surface area contributed by atoms with Crippen molar-refractivity contribution in [3.05, 3.63) is 82.9 Å². The van der Waals surface area contributed by atoms with Gasteiger partial charge in [-0.15, -0.1) is 0 Å². The number of rotatable bonds is 10. The Morgan fingerprint density at radius 3 is 2.44 bits per heavy atom. The van der Waals surface area contributed by atoms with E-state index in [9.17, 15) is 19.9 Å². The van der Waals surface area contributed by atoms with Gasteiger partial charge in [0.05, 0.1) is 12.3 Å². The van der Waals surface area contributed by atoms with E-state index in [1.807, 2.05) is 42.5 Å². The van der Waals surface area contributed by atoms with Crippen LogP contribution >= 0.6 is 11.6 Å². The lowest BCUT2D eigenvalue weighted by molar-refractivity contribution is -0.153. The zero-order valence-corrected chi connectivity index (χ0v) is 20.5. The number of aliphatic hydroxyl groups excluding tert-OH is 1. The number of aliphatic hydroxyl groups is 1. The molecule has 0 heterocycles. The number of carbonyl (C=O) groups is 2. The van der Waals surface area contributed by atoms with Crippen LogP contribution in [0.15, 0.2) is 66.7 Å². The molecule has 0 aromatic heterocycles. The molecule has 0 radical (unpaired) electrons. The Bertz CT molecular complexity index is 1200. The number of nitrogens with zero attached hydrogens (tertiary/aromatic N) is 1. The molecule has 1 amide bonds. The molecule has 9 nitrogen and oxygen atoms in total. The van der Waals surface area contributed by atoms with Crippen molar-refractivity contribution in [3.63, 3.8) is 0 Å². The number of halogens is 1. The smallest absolute Gasteiger partial charge is 0.335 e. The Balaban J connectivity index is 1.80. The second-order valence-electron chi connectivity index (χ2n) is 8.20. The van der Waals surface area contributed by atoms with Gasteiger partial charge in [0.1, 0.15) is 5.69 Å². The highest BCUT2D eigenvalue weighted by atomic mass is 35.5. The second kappa shape index (κ2) is 12.4. The van der Waals surface area contributed by atoms with Crippen molar-refractivity contribution in [3.8, 4) is 11.1 Å². The van der Waals surface area contributed by atoms with Crippen LogP contribution in [-0.4, -0.2) is 40.9 Å². The number of nitrogens with one attached hydrogen (secondary N) is 1. The first-order valence-corrected chi connectivity index (χ1v) is 11.7. The van der Waals surface area contributed by atoms with Gasteiger partial charge in [0.15, 0.2) is 6.10 Å². The van der Waals surface area contributed by atoms with E-state index >= 15 is 0 Å².